The van der Waals surface area contributed by atoms with Gasteiger partial charge in [0.2, 0.25) is 0 Å². The zero-order valence-corrected chi connectivity index (χ0v) is 6.10. The van der Waals surface area contributed by atoms with Crippen molar-refractivity contribution >= 4 is 21.6 Å². The number of hydrogen-bond acceptors (Lipinski definition) is 3. The van der Waals surface area contributed by atoms with E-state index >= 15 is 0 Å². The molecule has 0 aliphatic carbocycles. The summed E-state index contributed by atoms with van der Waals surface area (Å²) in [5.74, 6) is 0. The van der Waals surface area contributed by atoms with Gasteiger partial charge in [0, 0.05) is 13.2 Å². The molecule has 0 unspecified atom stereocenters. The van der Waals surface area contributed by atoms with Crippen molar-refractivity contribution in [2.75, 3.05) is 13.3 Å². The molecule has 1 N–H and O–H groups in total. The topological polar surface area (TPSA) is 12.0 Å². The Balaban J connectivity index is 2.78. The molecule has 0 amide bonds. The smallest absolute Gasteiger partial charge is 0.00341 e. The van der Waals surface area contributed by atoms with Gasteiger partial charge in [-0.05, 0) is 11.7 Å². The molecule has 0 saturated carbocycles. The Kier molecular flexibility index (Phi) is 6.45. The first-order valence-electron chi connectivity index (χ1n) is 1.93. The molecule has 0 aromatic carbocycles. The SMILES string of the molecule is CN/C=C\SSC. The Morgan fingerprint density at radius 2 is 2.29 bits per heavy atom. The van der Waals surface area contributed by atoms with Crippen molar-refractivity contribution in [2.24, 2.45) is 0 Å². The lowest BCUT2D eigenvalue weighted by Gasteiger charge is -1.82. The molecular weight excluding hydrogens is 126 g/mol. The van der Waals surface area contributed by atoms with E-state index in [1.54, 1.807) is 21.6 Å². The molecule has 3 heteroatoms. The van der Waals surface area contributed by atoms with Crippen molar-refractivity contribution in [3.8, 4) is 0 Å². The van der Waals surface area contributed by atoms with Crippen LogP contribution in [0.25, 0.3) is 0 Å². The third-order valence-corrected chi connectivity index (χ3v) is 1.74. The molecule has 42 valence electrons. The van der Waals surface area contributed by atoms with E-state index in [-0.39, 0.29) is 0 Å². The molecule has 0 atom stereocenters. The minimum atomic E-state index is 1.71. The van der Waals surface area contributed by atoms with Crippen molar-refractivity contribution in [3.05, 3.63) is 11.6 Å². The molecule has 0 aromatic heterocycles. The molecular formula is C4H9NS2. The maximum Gasteiger partial charge on any atom is 0.00341 e. The molecule has 0 fully saturated rings. The average molecular weight is 135 g/mol. The summed E-state index contributed by atoms with van der Waals surface area (Å²) >= 11 is 0. The monoisotopic (exact) mass is 135 g/mol. The van der Waals surface area contributed by atoms with E-state index in [9.17, 15) is 0 Å². The summed E-state index contributed by atoms with van der Waals surface area (Å²) in [4.78, 5) is 0. The second-order valence-corrected chi connectivity index (χ2v) is 3.23. The minimum Gasteiger partial charge on any atom is -0.394 e. The summed E-state index contributed by atoms with van der Waals surface area (Å²) in [6, 6.07) is 0. The Bertz CT molecular complexity index is 53.7. The summed E-state index contributed by atoms with van der Waals surface area (Å²) in [5, 5.41) is 4.89. The highest BCUT2D eigenvalue weighted by atomic mass is 33.1. The summed E-state index contributed by atoms with van der Waals surface area (Å²) in [7, 11) is 5.32. The molecule has 0 spiro atoms. The predicted octanol–water partition coefficient (Wildman–Crippen LogP) is 1.69. The van der Waals surface area contributed by atoms with Crippen LogP contribution in [-0.4, -0.2) is 13.3 Å². The first kappa shape index (κ1) is 7.24. The fourth-order valence-corrected chi connectivity index (χ4v) is 0.954. The Morgan fingerprint density at radius 3 is 2.71 bits per heavy atom. The van der Waals surface area contributed by atoms with Gasteiger partial charge in [0.05, 0.1) is 0 Å². The molecule has 0 rings (SSSR count). The van der Waals surface area contributed by atoms with Crippen molar-refractivity contribution < 1.29 is 0 Å². The summed E-state index contributed by atoms with van der Waals surface area (Å²) < 4.78 is 0. The molecule has 0 aliphatic rings. The van der Waals surface area contributed by atoms with Crippen LogP contribution in [0, 0.1) is 0 Å². The molecule has 0 aromatic rings. The molecule has 0 bridgehead atoms. The summed E-state index contributed by atoms with van der Waals surface area (Å²) in [6.45, 7) is 0. The van der Waals surface area contributed by atoms with Crippen LogP contribution in [0.5, 0.6) is 0 Å². The van der Waals surface area contributed by atoms with Crippen molar-refractivity contribution in [1.29, 1.82) is 0 Å². The molecule has 0 radical (unpaired) electrons. The van der Waals surface area contributed by atoms with E-state index in [1.165, 1.54) is 0 Å². The van der Waals surface area contributed by atoms with Crippen molar-refractivity contribution in [3.63, 3.8) is 0 Å². The average Bonchev–Trinajstić information content (AvgIpc) is 1.69. The highest BCUT2D eigenvalue weighted by Gasteiger charge is 1.67. The second kappa shape index (κ2) is 6.24. The van der Waals surface area contributed by atoms with E-state index in [2.05, 4.69) is 5.32 Å². The van der Waals surface area contributed by atoms with Gasteiger partial charge in [-0.1, -0.05) is 21.6 Å². The van der Waals surface area contributed by atoms with Crippen LogP contribution in [-0.2, 0) is 0 Å². The normalized spacial score (nSPS) is 10.0. The molecule has 7 heavy (non-hydrogen) atoms. The van der Waals surface area contributed by atoms with Crippen LogP contribution in [0.15, 0.2) is 11.6 Å². The van der Waals surface area contributed by atoms with E-state index in [0.717, 1.165) is 0 Å². The van der Waals surface area contributed by atoms with Gasteiger partial charge >= 0.3 is 0 Å². The summed E-state index contributed by atoms with van der Waals surface area (Å²) in [6.07, 6.45) is 3.95. The molecule has 0 saturated heterocycles. The number of rotatable bonds is 3. The van der Waals surface area contributed by atoms with E-state index in [1.807, 2.05) is 24.9 Å². The lowest BCUT2D eigenvalue weighted by atomic mass is 11.0. The Hall–Kier alpha value is 0.240. The lowest BCUT2D eigenvalue weighted by molar-refractivity contribution is 1.11. The van der Waals surface area contributed by atoms with Gasteiger partial charge < -0.3 is 5.32 Å². The van der Waals surface area contributed by atoms with Gasteiger partial charge in [0.1, 0.15) is 0 Å². The maximum absolute atomic E-state index is 2.89. The van der Waals surface area contributed by atoms with E-state index < -0.39 is 0 Å². The van der Waals surface area contributed by atoms with Gasteiger partial charge in [-0.2, -0.15) is 0 Å². The zero-order valence-electron chi connectivity index (χ0n) is 4.47. The van der Waals surface area contributed by atoms with Crippen LogP contribution in [0.4, 0.5) is 0 Å². The molecule has 0 aliphatic heterocycles. The third-order valence-electron chi connectivity index (χ3n) is 0.386. The Morgan fingerprint density at radius 1 is 1.57 bits per heavy atom. The van der Waals surface area contributed by atoms with Crippen LogP contribution < -0.4 is 5.32 Å². The highest BCUT2D eigenvalue weighted by Crippen LogP contribution is 2.16. The largest absolute Gasteiger partial charge is 0.394 e. The fraction of sp³-hybridized carbons (Fsp3) is 0.500. The van der Waals surface area contributed by atoms with Crippen LogP contribution in [0.2, 0.25) is 0 Å². The minimum absolute atomic E-state index is 1.71. The maximum atomic E-state index is 2.89. The molecule has 0 heterocycles. The first-order chi connectivity index (χ1) is 3.41. The highest BCUT2D eigenvalue weighted by molar-refractivity contribution is 8.77. The van der Waals surface area contributed by atoms with Crippen molar-refractivity contribution in [2.45, 2.75) is 0 Å². The lowest BCUT2D eigenvalue weighted by Crippen LogP contribution is -1.89. The summed E-state index contributed by atoms with van der Waals surface area (Å²) in [5.41, 5.74) is 0. The standard InChI is InChI=1S/C4H9NS2/c1-5-3-4-7-6-2/h3-5H,1-2H3/b4-3-. The van der Waals surface area contributed by atoms with Gasteiger partial charge in [-0.3, -0.25) is 0 Å². The molecule has 1 nitrogen and oxygen atoms in total. The van der Waals surface area contributed by atoms with E-state index in [4.69, 9.17) is 0 Å². The van der Waals surface area contributed by atoms with Gasteiger partial charge in [0.15, 0.2) is 0 Å². The zero-order chi connectivity index (χ0) is 5.54. The number of hydrogen-bond donors (Lipinski definition) is 1. The third kappa shape index (κ3) is 6.24. The van der Waals surface area contributed by atoms with E-state index in [0.29, 0.717) is 0 Å². The second-order valence-electron chi connectivity index (χ2n) is 0.854. The number of nitrogens with one attached hydrogen (secondary N) is 1. The quantitative estimate of drug-likeness (QED) is 0.591. The fourth-order valence-electron chi connectivity index (χ4n) is 0.151. The van der Waals surface area contributed by atoms with Crippen LogP contribution >= 0.6 is 21.6 Å². The van der Waals surface area contributed by atoms with Gasteiger partial charge in [-0.25, -0.2) is 0 Å². The van der Waals surface area contributed by atoms with Crippen LogP contribution in [0.3, 0.4) is 0 Å². The van der Waals surface area contributed by atoms with Gasteiger partial charge in [0.25, 0.3) is 0 Å². The van der Waals surface area contributed by atoms with Gasteiger partial charge in [-0.15, -0.1) is 0 Å². The predicted molar refractivity (Wildman–Crippen MR) is 39.3 cm³/mol. The van der Waals surface area contributed by atoms with Crippen molar-refractivity contribution in [1.82, 2.24) is 5.32 Å². The Labute approximate surface area is 52.3 Å². The first-order valence-corrected chi connectivity index (χ1v) is 4.55. The van der Waals surface area contributed by atoms with Crippen LogP contribution in [0.1, 0.15) is 0 Å².